The van der Waals surface area contributed by atoms with Crippen LogP contribution in [0.2, 0.25) is 0 Å². The van der Waals surface area contributed by atoms with Crippen LogP contribution in [0.4, 0.5) is 0 Å². The van der Waals surface area contributed by atoms with Crippen molar-refractivity contribution in [3.8, 4) is 0 Å². The van der Waals surface area contributed by atoms with Crippen LogP contribution in [-0.4, -0.2) is 89.6 Å². The standard InChI is InChI=1S/C53H102O9/c1-3-5-7-9-11-13-15-17-19-21-22-23-24-25-26-27-28-30-32-34-36-38-40-42-49(55)61-47(46-60-53-52(58)51(57)50(56)48(44-54)62-53)45-59-43-41-39-37-35-33-31-29-20-18-16-14-12-10-8-6-4-2/h18,20,47-48,50-54,56-58H,3-17,19,21-46H2,1-2H3/b20-18-. The SMILES string of the molecule is CCCCCCCC/C=C\CCCCCCCCOCC(COC1OC(CO)C(O)C(O)C1O)OC(=O)CCCCCCCCCCCCCCCCCCCCCCCCC. The number of hydrogen-bond acceptors (Lipinski definition) is 9. The lowest BCUT2D eigenvalue weighted by molar-refractivity contribution is -0.305. The zero-order valence-electron chi connectivity index (χ0n) is 40.6. The van der Waals surface area contributed by atoms with E-state index in [1.807, 2.05) is 0 Å². The molecule has 0 bridgehead atoms. The van der Waals surface area contributed by atoms with Crippen LogP contribution in [0, 0.1) is 0 Å². The predicted octanol–water partition coefficient (Wildman–Crippen LogP) is 13.2. The first-order valence-electron chi connectivity index (χ1n) is 26.8. The van der Waals surface area contributed by atoms with Crippen molar-refractivity contribution in [1.29, 1.82) is 0 Å². The molecule has 0 spiro atoms. The molecule has 1 aliphatic rings. The average molecular weight is 883 g/mol. The molecule has 1 rings (SSSR count). The number of esters is 1. The number of unbranched alkanes of at least 4 members (excludes halogenated alkanes) is 34. The van der Waals surface area contributed by atoms with Crippen molar-refractivity contribution in [3.63, 3.8) is 0 Å². The van der Waals surface area contributed by atoms with E-state index >= 15 is 0 Å². The van der Waals surface area contributed by atoms with Crippen LogP contribution in [0.5, 0.6) is 0 Å². The number of ether oxygens (including phenoxy) is 4. The molecule has 62 heavy (non-hydrogen) atoms. The Morgan fingerprint density at radius 2 is 0.887 bits per heavy atom. The third-order valence-corrected chi connectivity index (χ3v) is 12.7. The summed E-state index contributed by atoms with van der Waals surface area (Å²) < 4.78 is 22.9. The number of rotatable bonds is 47. The second-order valence-electron chi connectivity index (χ2n) is 18.7. The van der Waals surface area contributed by atoms with E-state index in [9.17, 15) is 25.2 Å². The van der Waals surface area contributed by atoms with E-state index < -0.39 is 43.4 Å². The first-order chi connectivity index (χ1) is 30.4. The fourth-order valence-corrected chi connectivity index (χ4v) is 8.49. The third-order valence-electron chi connectivity index (χ3n) is 12.7. The van der Waals surface area contributed by atoms with Gasteiger partial charge >= 0.3 is 5.97 Å². The second-order valence-corrected chi connectivity index (χ2v) is 18.7. The largest absolute Gasteiger partial charge is 0.457 e. The summed E-state index contributed by atoms with van der Waals surface area (Å²) in [4.78, 5) is 12.8. The van der Waals surface area contributed by atoms with Crippen molar-refractivity contribution in [3.05, 3.63) is 12.2 Å². The summed E-state index contributed by atoms with van der Waals surface area (Å²) in [5.41, 5.74) is 0. The number of carbonyl (C=O) groups is 1. The predicted molar refractivity (Wildman–Crippen MR) is 256 cm³/mol. The normalized spacial score (nSPS) is 19.7. The van der Waals surface area contributed by atoms with Gasteiger partial charge in [-0.3, -0.25) is 4.79 Å². The maximum absolute atomic E-state index is 12.8. The van der Waals surface area contributed by atoms with Crippen molar-refractivity contribution in [2.45, 2.75) is 295 Å². The molecule has 6 atom stereocenters. The lowest BCUT2D eigenvalue weighted by Crippen LogP contribution is -2.59. The summed E-state index contributed by atoms with van der Waals surface area (Å²) in [5, 5.41) is 40.2. The van der Waals surface area contributed by atoms with E-state index in [1.54, 1.807) is 0 Å². The van der Waals surface area contributed by atoms with Crippen LogP contribution >= 0.6 is 0 Å². The van der Waals surface area contributed by atoms with Gasteiger partial charge in [0.2, 0.25) is 0 Å². The molecule has 1 fully saturated rings. The first kappa shape index (κ1) is 58.9. The van der Waals surface area contributed by atoms with Gasteiger partial charge in [-0.25, -0.2) is 0 Å². The fourth-order valence-electron chi connectivity index (χ4n) is 8.49. The summed E-state index contributed by atoms with van der Waals surface area (Å²) >= 11 is 0. The molecule has 0 aliphatic carbocycles. The minimum Gasteiger partial charge on any atom is -0.457 e. The minimum absolute atomic E-state index is 0.110. The van der Waals surface area contributed by atoms with Gasteiger partial charge in [-0.1, -0.05) is 225 Å². The lowest BCUT2D eigenvalue weighted by Gasteiger charge is -2.39. The summed E-state index contributed by atoms with van der Waals surface area (Å²) in [6, 6.07) is 0. The summed E-state index contributed by atoms with van der Waals surface area (Å²) in [6.07, 6.45) is 45.4. The van der Waals surface area contributed by atoms with Crippen molar-refractivity contribution < 1.29 is 44.2 Å². The van der Waals surface area contributed by atoms with E-state index in [4.69, 9.17) is 18.9 Å². The third kappa shape index (κ3) is 35.2. The first-order valence-corrected chi connectivity index (χ1v) is 26.8. The van der Waals surface area contributed by atoms with Crippen LogP contribution < -0.4 is 0 Å². The van der Waals surface area contributed by atoms with Crippen LogP contribution in [0.25, 0.3) is 0 Å². The maximum Gasteiger partial charge on any atom is 0.306 e. The van der Waals surface area contributed by atoms with E-state index in [-0.39, 0.29) is 19.2 Å². The maximum atomic E-state index is 12.8. The topological polar surface area (TPSA) is 135 Å². The van der Waals surface area contributed by atoms with Gasteiger partial charge in [0.25, 0.3) is 0 Å². The molecule has 0 aromatic heterocycles. The molecule has 0 aromatic rings. The smallest absolute Gasteiger partial charge is 0.306 e. The Labute approximate surface area is 382 Å². The van der Waals surface area contributed by atoms with Gasteiger partial charge in [0, 0.05) is 13.0 Å². The van der Waals surface area contributed by atoms with Gasteiger partial charge in [-0.2, -0.15) is 0 Å². The number of aliphatic hydroxyl groups excluding tert-OH is 4. The molecular formula is C53H102O9. The monoisotopic (exact) mass is 883 g/mol. The molecule has 1 aliphatic heterocycles. The Morgan fingerprint density at radius 3 is 1.31 bits per heavy atom. The molecule has 0 radical (unpaired) electrons. The summed E-state index contributed by atoms with van der Waals surface area (Å²) in [6.45, 7) is 4.60. The van der Waals surface area contributed by atoms with Crippen LogP contribution in [-0.2, 0) is 23.7 Å². The van der Waals surface area contributed by atoms with Gasteiger partial charge in [-0.15, -0.1) is 0 Å². The quantitative estimate of drug-likeness (QED) is 0.0268. The van der Waals surface area contributed by atoms with Crippen molar-refractivity contribution >= 4 is 5.97 Å². The van der Waals surface area contributed by atoms with Gasteiger partial charge in [0.05, 0.1) is 19.8 Å². The van der Waals surface area contributed by atoms with Crippen LogP contribution in [0.3, 0.4) is 0 Å². The van der Waals surface area contributed by atoms with Gasteiger partial charge in [0.15, 0.2) is 6.29 Å². The molecule has 9 nitrogen and oxygen atoms in total. The van der Waals surface area contributed by atoms with E-state index in [0.29, 0.717) is 13.0 Å². The van der Waals surface area contributed by atoms with Gasteiger partial charge in [-0.05, 0) is 38.5 Å². The molecule has 9 heteroatoms. The fraction of sp³-hybridized carbons (Fsp3) is 0.943. The molecule has 1 heterocycles. The molecule has 0 amide bonds. The summed E-state index contributed by atoms with van der Waals surface area (Å²) in [7, 11) is 0. The molecular weight excluding hydrogens is 781 g/mol. The van der Waals surface area contributed by atoms with Crippen molar-refractivity contribution in [2.75, 3.05) is 26.4 Å². The second kappa shape index (κ2) is 45.1. The Balaban J connectivity index is 2.16. The molecule has 368 valence electrons. The molecule has 0 aromatic carbocycles. The molecule has 6 unspecified atom stereocenters. The number of carbonyl (C=O) groups excluding carboxylic acids is 1. The number of aliphatic hydroxyl groups is 4. The van der Waals surface area contributed by atoms with E-state index in [0.717, 1.165) is 32.1 Å². The van der Waals surface area contributed by atoms with Crippen LogP contribution in [0.15, 0.2) is 12.2 Å². The van der Waals surface area contributed by atoms with Gasteiger partial charge < -0.3 is 39.4 Å². The molecule has 0 saturated carbocycles. The highest BCUT2D eigenvalue weighted by Gasteiger charge is 2.44. The van der Waals surface area contributed by atoms with Crippen LogP contribution in [0.1, 0.15) is 258 Å². The van der Waals surface area contributed by atoms with E-state index in [1.165, 1.54) is 205 Å². The average Bonchev–Trinajstić information content (AvgIpc) is 3.27. The Morgan fingerprint density at radius 1 is 0.500 bits per heavy atom. The zero-order chi connectivity index (χ0) is 45.0. The summed E-state index contributed by atoms with van der Waals surface area (Å²) in [5.74, 6) is -0.309. The highest BCUT2D eigenvalue weighted by molar-refractivity contribution is 5.69. The molecule has 1 saturated heterocycles. The minimum atomic E-state index is -1.53. The Bertz CT molecular complexity index is 961. The Hall–Kier alpha value is -1.07. The zero-order valence-corrected chi connectivity index (χ0v) is 40.6. The van der Waals surface area contributed by atoms with Crippen molar-refractivity contribution in [2.24, 2.45) is 0 Å². The van der Waals surface area contributed by atoms with Crippen molar-refractivity contribution in [1.82, 2.24) is 0 Å². The number of hydrogen-bond donors (Lipinski definition) is 4. The lowest BCUT2D eigenvalue weighted by atomic mass is 9.99. The van der Waals surface area contributed by atoms with E-state index in [2.05, 4.69) is 26.0 Å². The molecule has 4 N–H and O–H groups in total. The number of allylic oxidation sites excluding steroid dienone is 2. The highest BCUT2D eigenvalue weighted by Crippen LogP contribution is 2.23. The highest BCUT2D eigenvalue weighted by atomic mass is 16.7. The Kier molecular flexibility index (Phi) is 42.9. The van der Waals surface area contributed by atoms with Gasteiger partial charge in [0.1, 0.15) is 30.5 Å².